The fraction of sp³-hybridized carbons (Fsp3) is 0.375. The predicted molar refractivity (Wildman–Crippen MR) is 40.2 cm³/mol. The van der Waals surface area contributed by atoms with Gasteiger partial charge in [-0.25, -0.2) is 4.39 Å². The zero-order valence-electron chi connectivity index (χ0n) is 6.00. The van der Waals surface area contributed by atoms with Crippen molar-refractivity contribution in [3.63, 3.8) is 0 Å². The van der Waals surface area contributed by atoms with Gasteiger partial charge in [0.2, 0.25) is 0 Å². The number of alkyl halides is 1. The average Bonchev–Trinajstić information content (AvgIpc) is 2.01. The molecule has 2 nitrogen and oxygen atoms in total. The van der Waals surface area contributed by atoms with E-state index in [9.17, 15) is 4.39 Å². The number of nitrogens with zero attached hydrogens (tertiary/aromatic N) is 2. The minimum absolute atomic E-state index is 0.506. The lowest BCUT2D eigenvalue weighted by atomic mass is 10.2. The lowest BCUT2D eigenvalue weighted by Gasteiger charge is -2.35. The van der Waals surface area contributed by atoms with Crippen molar-refractivity contribution in [2.75, 3.05) is 18.0 Å². The van der Waals surface area contributed by atoms with Gasteiger partial charge in [-0.1, -0.05) is 0 Å². The molecule has 0 amide bonds. The molecule has 0 N–H and O–H groups in total. The van der Waals surface area contributed by atoms with Crippen LogP contribution < -0.4 is 4.90 Å². The number of pyridine rings is 1. The molecule has 1 fully saturated rings. The van der Waals surface area contributed by atoms with Gasteiger partial charge in [-0.15, -0.1) is 0 Å². The number of hydrogen-bond acceptors (Lipinski definition) is 2. The second-order valence-electron chi connectivity index (χ2n) is 2.65. The second kappa shape index (κ2) is 2.49. The third-order valence-corrected chi connectivity index (χ3v) is 1.80. The van der Waals surface area contributed by atoms with E-state index in [-0.39, 0.29) is 0 Å². The second-order valence-corrected chi connectivity index (χ2v) is 2.65. The van der Waals surface area contributed by atoms with Gasteiger partial charge >= 0.3 is 0 Å². The maximum Gasteiger partial charge on any atom is 0.135 e. The molecule has 0 unspecified atom stereocenters. The lowest BCUT2D eigenvalue weighted by molar-refractivity contribution is 0.274. The summed E-state index contributed by atoms with van der Waals surface area (Å²) >= 11 is 0. The van der Waals surface area contributed by atoms with Gasteiger partial charge in [-0.05, 0) is 12.1 Å². The lowest BCUT2D eigenvalue weighted by Crippen LogP contribution is -2.48. The van der Waals surface area contributed by atoms with Crippen molar-refractivity contribution >= 4 is 5.69 Å². The molecule has 1 radical (unpaired) electrons. The molecule has 0 bridgehead atoms. The SMILES string of the molecule is FC1CN(c2cc[c]nc2)C1. The van der Waals surface area contributed by atoms with Crippen LogP contribution in [0.4, 0.5) is 10.1 Å². The van der Waals surface area contributed by atoms with Crippen molar-refractivity contribution in [3.05, 3.63) is 24.5 Å². The maximum atomic E-state index is 12.4. The van der Waals surface area contributed by atoms with Crippen LogP contribution in [0, 0.1) is 6.20 Å². The summed E-state index contributed by atoms with van der Waals surface area (Å²) in [6.45, 7) is 1.01. The first kappa shape index (κ1) is 6.58. The molecular weight excluding hydrogens is 143 g/mol. The van der Waals surface area contributed by atoms with E-state index >= 15 is 0 Å². The maximum absolute atomic E-state index is 12.4. The van der Waals surface area contributed by atoms with E-state index in [1.807, 2.05) is 11.0 Å². The van der Waals surface area contributed by atoms with Crippen molar-refractivity contribution < 1.29 is 4.39 Å². The van der Waals surface area contributed by atoms with Gasteiger partial charge in [0, 0.05) is 0 Å². The Morgan fingerprint density at radius 1 is 1.64 bits per heavy atom. The number of rotatable bonds is 1. The summed E-state index contributed by atoms with van der Waals surface area (Å²) in [5.74, 6) is 0. The highest BCUT2D eigenvalue weighted by atomic mass is 19.1. The fourth-order valence-corrected chi connectivity index (χ4v) is 1.13. The molecule has 1 aliphatic heterocycles. The van der Waals surface area contributed by atoms with E-state index in [2.05, 4.69) is 11.2 Å². The van der Waals surface area contributed by atoms with Crippen LogP contribution in [0.3, 0.4) is 0 Å². The van der Waals surface area contributed by atoms with E-state index in [1.54, 1.807) is 12.3 Å². The molecule has 1 aliphatic rings. The minimum atomic E-state index is -0.654. The van der Waals surface area contributed by atoms with Gasteiger partial charge < -0.3 is 4.90 Å². The molecule has 0 spiro atoms. The van der Waals surface area contributed by atoms with E-state index in [4.69, 9.17) is 0 Å². The molecule has 0 saturated carbocycles. The summed E-state index contributed by atoms with van der Waals surface area (Å²) in [6, 6.07) is 3.62. The first-order valence-electron chi connectivity index (χ1n) is 3.57. The van der Waals surface area contributed by atoms with E-state index in [0.29, 0.717) is 13.1 Å². The number of anilines is 1. The van der Waals surface area contributed by atoms with Crippen LogP contribution in [0.15, 0.2) is 18.3 Å². The summed E-state index contributed by atoms with van der Waals surface area (Å²) in [6.07, 6.45) is 3.72. The smallest absolute Gasteiger partial charge is 0.135 e. The number of hydrogen-bond donors (Lipinski definition) is 0. The Kier molecular flexibility index (Phi) is 1.49. The summed E-state index contributed by atoms with van der Waals surface area (Å²) < 4.78 is 12.4. The normalized spacial score (nSPS) is 18.1. The van der Waals surface area contributed by atoms with Crippen LogP contribution in [0.5, 0.6) is 0 Å². The summed E-state index contributed by atoms with van der Waals surface area (Å²) in [4.78, 5) is 5.77. The monoisotopic (exact) mass is 151 g/mol. The molecule has 1 saturated heterocycles. The molecule has 57 valence electrons. The number of aromatic nitrogens is 1. The summed E-state index contributed by atoms with van der Waals surface area (Å²) in [7, 11) is 0. The van der Waals surface area contributed by atoms with Crippen molar-refractivity contribution in [2.45, 2.75) is 6.17 Å². The Bertz CT molecular complexity index is 231. The third kappa shape index (κ3) is 1.18. The third-order valence-electron chi connectivity index (χ3n) is 1.80. The quantitative estimate of drug-likeness (QED) is 0.596. The topological polar surface area (TPSA) is 16.1 Å². The van der Waals surface area contributed by atoms with Crippen molar-refractivity contribution in [2.24, 2.45) is 0 Å². The van der Waals surface area contributed by atoms with E-state index in [1.165, 1.54) is 0 Å². The van der Waals surface area contributed by atoms with E-state index in [0.717, 1.165) is 5.69 Å². The number of halogens is 1. The molecule has 11 heavy (non-hydrogen) atoms. The van der Waals surface area contributed by atoms with Crippen LogP contribution in [-0.4, -0.2) is 24.2 Å². The van der Waals surface area contributed by atoms with Crippen molar-refractivity contribution in [1.82, 2.24) is 4.98 Å². The Hall–Kier alpha value is -1.12. The standard InChI is InChI=1S/C8H8FN2/c9-7-5-11(6-7)8-2-1-3-10-4-8/h1-2,4,7H,5-6H2. The first-order valence-corrected chi connectivity index (χ1v) is 3.57. The highest BCUT2D eigenvalue weighted by molar-refractivity contribution is 5.46. The van der Waals surface area contributed by atoms with Crippen molar-refractivity contribution in [3.8, 4) is 0 Å². The fourth-order valence-electron chi connectivity index (χ4n) is 1.13. The molecule has 0 aromatic carbocycles. The molecular formula is C8H8FN2. The van der Waals surface area contributed by atoms with Crippen LogP contribution in [-0.2, 0) is 0 Å². The van der Waals surface area contributed by atoms with Gasteiger partial charge in [0.25, 0.3) is 0 Å². The van der Waals surface area contributed by atoms with Crippen LogP contribution in [0.1, 0.15) is 0 Å². The van der Waals surface area contributed by atoms with Gasteiger partial charge in [0.15, 0.2) is 0 Å². The highest BCUT2D eigenvalue weighted by Crippen LogP contribution is 2.20. The Morgan fingerprint density at radius 3 is 3.00 bits per heavy atom. The van der Waals surface area contributed by atoms with Gasteiger partial charge in [-0.2, -0.15) is 0 Å². The summed E-state index contributed by atoms with van der Waals surface area (Å²) in [5.41, 5.74) is 0.984. The highest BCUT2D eigenvalue weighted by Gasteiger charge is 2.25. The van der Waals surface area contributed by atoms with Gasteiger partial charge in [0.1, 0.15) is 6.17 Å². The largest absolute Gasteiger partial charge is 0.364 e. The predicted octanol–water partition coefficient (Wildman–Crippen LogP) is 1.04. The molecule has 1 aromatic rings. The first-order chi connectivity index (χ1) is 5.36. The molecule has 2 rings (SSSR count). The Labute approximate surface area is 64.7 Å². The summed E-state index contributed by atoms with van der Waals surface area (Å²) in [5, 5.41) is 0. The zero-order chi connectivity index (χ0) is 7.68. The van der Waals surface area contributed by atoms with Crippen LogP contribution in [0.2, 0.25) is 0 Å². The van der Waals surface area contributed by atoms with Crippen molar-refractivity contribution in [1.29, 1.82) is 0 Å². The van der Waals surface area contributed by atoms with Crippen LogP contribution in [0.25, 0.3) is 0 Å². The molecule has 3 heteroatoms. The van der Waals surface area contributed by atoms with Gasteiger partial charge in [0.05, 0.1) is 31.2 Å². The minimum Gasteiger partial charge on any atom is -0.364 e. The van der Waals surface area contributed by atoms with Crippen LogP contribution >= 0.6 is 0 Å². The van der Waals surface area contributed by atoms with Gasteiger partial charge in [-0.3, -0.25) is 4.98 Å². The average molecular weight is 151 g/mol. The molecule has 0 aliphatic carbocycles. The Morgan fingerprint density at radius 2 is 2.45 bits per heavy atom. The zero-order valence-corrected chi connectivity index (χ0v) is 6.00. The Balaban J connectivity index is 2.08. The molecule has 1 aromatic heterocycles. The van der Waals surface area contributed by atoms with E-state index < -0.39 is 6.17 Å². The molecule has 2 heterocycles. The molecule has 0 atom stereocenters.